The highest BCUT2D eigenvalue weighted by atomic mass is 16.6. The molecular weight excluding hydrogens is 604 g/mol. The smallest absolute Gasteiger partial charge is 0.419 e. The van der Waals surface area contributed by atoms with E-state index in [1.807, 2.05) is 97.1 Å². The van der Waals surface area contributed by atoms with Crippen LogP contribution in [-0.2, 0) is 30.5 Å². The zero-order chi connectivity index (χ0) is 33.4. The first-order valence-electron chi connectivity index (χ1n) is 15.7. The van der Waals surface area contributed by atoms with Crippen LogP contribution in [0.5, 0.6) is 11.5 Å². The molecule has 0 amide bonds. The van der Waals surface area contributed by atoms with Gasteiger partial charge in [-0.2, -0.15) is 0 Å². The summed E-state index contributed by atoms with van der Waals surface area (Å²) >= 11 is 0. The number of rotatable bonds is 12. The second-order valence-electron chi connectivity index (χ2n) is 11.4. The molecule has 0 aliphatic carbocycles. The molecule has 242 valence electrons. The quantitative estimate of drug-likeness (QED) is 0.0838. The van der Waals surface area contributed by atoms with Gasteiger partial charge in [-0.05, 0) is 22.9 Å². The molecule has 6 rings (SSSR count). The molecule has 8 heteroatoms. The molecule has 6 aromatic carbocycles. The Morgan fingerprint density at radius 1 is 0.458 bits per heavy atom. The van der Waals surface area contributed by atoms with Crippen molar-refractivity contribution in [1.82, 2.24) is 0 Å². The molecule has 6 aromatic rings. The molecule has 0 fully saturated rings. The first-order chi connectivity index (χ1) is 23.3. The molecule has 8 nitrogen and oxygen atoms in total. The third kappa shape index (κ3) is 7.31. The van der Waals surface area contributed by atoms with Gasteiger partial charge >= 0.3 is 11.9 Å². The molecule has 48 heavy (non-hydrogen) atoms. The first kappa shape index (κ1) is 32.2. The Morgan fingerprint density at radius 3 is 1.23 bits per heavy atom. The Bertz CT molecular complexity index is 1860. The molecule has 4 N–H and O–H groups in total. The van der Waals surface area contributed by atoms with Crippen LogP contribution in [0.25, 0.3) is 21.5 Å². The fraction of sp³-hybridized carbons (Fsp3) is 0.150. The summed E-state index contributed by atoms with van der Waals surface area (Å²) in [5.41, 5.74) is 11.0. The molecule has 0 saturated carbocycles. The van der Waals surface area contributed by atoms with Crippen LogP contribution in [-0.4, -0.2) is 25.2 Å². The Kier molecular flexibility index (Phi) is 9.66. The van der Waals surface area contributed by atoms with Crippen LogP contribution < -0.4 is 20.9 Å². The summed E-state index contributed by atoms with van der Waals surface area (Å²) in [7, 11) is 0. The van der Waals surface area contributed by atoms with E-state index >= 15 is 0 Å². The highest BCUT2D eigenvalue weighted by Gasteiger charge is 2.39. The topological polar surface area (TPSA) is 123 Å². The van der Waals surface area contributed by atoms with Crippen LogP contribution in [0.3, 0.4) is 0 Å². The molecule has 0 bridgehead atoms. The monoisotopic (exact) mass is 640 g/mol. The molecule has 0 heterocycles. The van der Waals surface area contributed by atoms with Crippen molar-refractivity contribution < 1.29 is 28.5 Å². The number of fused-ring (bicyclic) bond motifs is 2. The summed E-state index contributed by atoms with van der Waals surface area (Å²) in [5, 5.41) is 3.93. The Hall–Kier alpha value is -5.70. The van der Waals surface area contributed by atoms with Gasteiger partial charge in [-0.1, -0.05) is 133 Å². The summed E-state index contributed by atoms with van der Waals surface area (Å²) in [6.07, 6.45) is 0.0924. The van der Waals surface area contributed by atoms with E-state index in [1.165, 1.54) is 0 Å². The van der Waals surface area contributed by atoms with Gasteiger partial charge in [-0.25, -0.2) is 9.59 Å². The lowest BCUT2D eigenvalue weighted by Crippen LogP contribution is -2.48. The largest absolute Gasteiger partial charge is 0.493 e. The van der Waals surface area contributed by atoms with Crippen molar-refractivity contribution in [3.8, 4) is 11.5 Å². The maximum atomic E-state index is 13.4. The van der Waals surface area contributed by atoms with E-state index in [9.17, 15) is 9.59 Å². The van der Waals surface area contributed by atoms with Gasteiger partial charge in [0, 0.05) is 34.7 Å². The first-order valence-corrected chi connectivity index (χ1v) is 15.7. The van der Waals surface area contributed by atoms with E-state index in [2.05, 4.69) is 0 Å². The van der Waals surface area contributed by atoms with Crippen molar-refractivity contribution in [2.45, 2.75) is 24.3 Å². The van der Waals surface area contributed by atoms with Gasteiger partial charge in [0.1, 0.15) is 11.5 Å². The van der Waals surface area contributed by atoms with Crippen LogP contribution in [0, 0.1) is 0 Å². The molecule has 2 unspecified atom stereocenters. The standard InChI is InChI=1S/C40H36N2O6/c41-39(31-17-3-1-4-18-31,25-27-45-35-23-11-15-29-13-7-9-21-33(29)35)47-37(43)38(44)48-40(42,32-19-5-2-6-20-32)26-28-46-36-24-12-16-30-14-8-10-22-34(30)36/h1-24H,25-28,41-42H2. The SMILES string of the molecule is NC(CCOc1cccc2ccccc12)(OC(=O)C(=O)OC(N)(CCOc1cccc2ccccc12)c1ccccc1)c1ccccc1. The van der Waals surface area contributed by atoms with Crippen LogP contribution in [0.15, 0.2) is 146 Å². The molecule has 2 atom stereocenters. The number of nitrogens with two attached hydrogens (primary N) is 2. The highest BCUT2D eigenvalue weighted by molar-refractivity contribution is 6.29. The van der Waals surface area contributed by atoms with Crippen LogP contribution in [0.1, 0.15) is 24.0 Å². The van der Waals surface area contributed by atoms with Crippen molar-refractivity contribution in [2.75, 3.05) is 13.2 Å². The Labute approximate surface area is 278 Å². The number of esters is 2. The summed E-state index contributed by atoms with van der Waals surface area (Å²) in [4.78, 5) is 26.8. The van der Waals surface area contributed by atoms with Crippen molar-refractivity contribution in [1.29, 1.82) is 0 Å². The minimum Gasteiger partial charge on any atom is -0.493 e. The van der Waals surface area contributed by atoms with Gasteiger partial charge in [0.2, 0.25) is 0 Å². The third-order valence-corrected chi connectivity index (χ3v) is 8.20. The van der Waals surface area contributed by atoms with E-state index in [1.54, 1.807) is 48.5 Å². The van der Waals surface area contributed by atoms with E-state index in [0.29, 0.717) is 22.6 Å². The number of carbonyl (C=O) groups is 2. The van der Waals surface area contributed by atoms with Crippen LogP contribution in [0.2, 0.25) is 0 Å². The molecule has 0 radical (unpaired) electrons. The van der Waals surface area contributed by atoms with Crippen molar-refractivity contribution in [3.05, 3.63) is 157 Å². The summed E-state index contributed by atoms with van der Waals surface area (Å²) < 4.78 is 23.6. The molecule has 0 aromatic heterocycles. The van der Waals surface area contributed by atoms with Crippen molar-refractivity contribution in [3.63, 3.8) is 0 Å². The predicted octanol–water partition coefficient (Wildman–Crippen LogP) is 6.94. The lowest BCUT2D eigenvalue weighted by Gasteiger charge is -2.32. The lowest BCUT2D eigenvalue weighted by molar-refractivity contribution is -0.189. The average molecular weight is 641 g/mol. The zero-order valence-corrected chi connectivity index (χ0v) is 26.3. The van der Waals surface area contributed by atoms with Gasteiger partial charge in [0.15, 0.2) is 11.4 Å². The Morgan fingerprint density at radius 2 is 0.812 bits per heavy atom. The highest BCUT2D eigenvalue weighted by Crippen LogP contribution is 2.31. The third-order valence-electron chi connectivity index (χ3n) is 8.20. The maximum absolute atomic E-state index is 13.4. The number of hydrogen-bond acceptors (Lipinski definition) is 8. The van der Waals surface area contributed by atoms with Crippen LogP contribution >= 0.6 is 0 Å². The van der Waals surface area contributed by atoms with Gasteiger partial charge < -0.3 is 18.9 Å². The fourth-order valence-corrected chi connectivity index (χ4v) is 5.63. The van der Waals surface area contributed by atoms with Gasteiger partial charge in [-0.3, -0.25) is 11.5 Å². The normalized spacial score (nSPS) is 13.6. The second kappa shape index (κ2) is 14.4. The number of ether oxygens (including phenoxy) is 4. The minimum atomic E-state index is -1.70. The van der Waals surface area contributed by atoms with Gasteiger partial charge in [0.25, 0.3) is 0 Å². The number of benzene rings is 6. The molecule has 0 aliphatic rings. The van der Waals surface area contributed by atoms with Gasteiger partial charge in [-0.15, -0.1) is 0 Å². The average Bonchev–Trinajstić information content (AvgIpc) is 3.12. The molecule has 0 aliphatic heterocycles. The van der Waals surface area contributed by atoms with Crippen LogP contribution in [0.4, 0.5) is 0 Å². The predicted molar refractivity (Wildman–Crippen MR) is 185 cm³/mol. The van der Waals surface area contributed by atoms with Crippen molar-refractivity contribution >= 4 is 33.5 Å². The van der Waals surface area contributed by atoms with E-state index < -0.39 is 23.4 Å². The van der Waals surface area contributed by atoms with E-state index in [4.69, 9.17) is 30.4 Å². The molecular formula is C40H36N2O6. The summed E-state index contributed by atoms with van der Waals surface area (Å²) in [5.74, 6) is -1.24. The number of carbonyl (C=O) groups excluding carboxylic acids is 2. The van der Waals surface area contributed by atoms with E-state index in [0.717, 1.165) is 21.5 Å². The zero-order valence-electron chi connectivity index (χ0n) is 26.3. The Balaban J connectivity index is 1.17. The molecule has 0 spiro atoms. The minimum absolute atomic E-state index is 0.0462. The van der Waals surface area contributed by atoms with E-state index in [-0.39, 0.29) is 26.1 Å². The second-order valence-corrected chi connectivity index (χ2v) is 11.4. The maximum Gasteiger partial charge on any atom is 0.419 e. The fourth-order valence-electron chi connectivity index (χ4n) is 5.63. The molecule has 0 saturated heterocycles. The van der Waals surface area contributed by atoms with Crippen molar-refractivity contribution in [2.24, 2.45) is 11.5 Å². The summed E-state index contributed by atoms with van der Waals surface area (Å²) in [6.45, 7) is 0.191. The van der Waals surface area contributed by atoms with Gasteiger partial charge in [0.05, 0.1) is 13.2 Å². The summed E-state index contributed by atoms with van der Waals surface area (Å²) in [6, 6.07) is 44.8. The lowest BCUT2D eigenvalue weighted by atomic mass is 10.00. The number of hydrogen-bond donors (Lipinski definition) is 2.